The van der Waals surface area contributed by atoms with Crippen LogP contribution in [-0.4, -0.2) is 36.1 Å². The normalized spacial score (nSPS) is 10.8. The van der Waals surface area contributed by atoms with Gasteiger partial charge in [0.15, 0.2) is 0 Å². The molecule has 108 valence electrons. The molecule has 1 aromatic heterocycles. The van der Waals surface area contributed by atoms with Crippen molar-refractivity contribution in [2.24, 2.45) is 0 Å². The third-order valence-corrected chi connectivity index (χ3v) is 3.93. The minimum atomic E-state index is 0.208. The number of aliphatic hydroxyl groups is 1. The number of fused-ring (bicyclic) bond motifs is 1. The van der Waals surface area contributed by atoms with Crippen LogP contribution in [0, 0.1) is 0 Å². The number of methoxy groups -OCH3 is 1. The van der Waals surface area contributed by atoms with Gasteiger partial charge in [-0.25, -0.2) is 4.98 Å². The molecule has 0 spiro atoms. The van der Waals surface area contributed by atoms with Crippen LogP contribution >= 0.6 is 11.8 Å². The second-order valence-electron chi connectivity index (χ2n) is 4.36. The van der Waals surface area contributed by atoms with Gasteiger partial charge >= 0.3 is 0 Å². The maximum absolute atomic E-state index is 8.88. The predicted octanol–water partition coefficient (Wildman–Crippen LogP) is 2.90. The number of pyridine rings is 1. The summed E-state index contributed by atoms with van der Waals surface area (Å²) in [7, 11) is 1.66. The maximum atomic E-state index is 8.88. The van der Waals surface area contributed by atoms with E-state index in [0.717, 1.165) is 40.5 Å². The van der Waals surface area contributed by atoms with Crippen molar-refractivity contribution in [3.63, 3.8) is 0 Å². The minimum Gasteiger partial charge on any atom is -0.497 e. The monoisotopic (exact) mass is 292 g/mol. The van der Waals surface area contributed by atoms with Gasteiger partial charge in [-0.3, -0.25) is 0 Å². The van der Waals surface area contributed by atoms with E-state index in [-0.39, 0.29) is 6.61 Å². The molecule has 0 radical (unpaired) electrons. The SMILES string of the molecule is CCNc1nc2cc(OC)ccc2cc1CSCCO. The summed E-state index contributed by atoms with van der Waals surface area (Å²) in [6, 6.07) is 8.07. The predicted molar refractivity (Wildman–Crippen MR) is 85.7 cm³/mol. The third kappa shape index (κ3) is 3.55. The van der Waals surface area contributed by atoms with Crippen LogP contribution in [0.2, 0.25) is 0 Å². The summed E-state index contributed by atoms with van der Waals surface area (Å²) < 4.78 is 5.24. The Bertz CT molecular complexity index is 575. The van der Waals surface area contributed by atoms with E-state index in [2.05, 4.69) is 23.3 Å². The number of thioether (sulfide) groups is 1. The molecule has 0 saturated heterocycles. The van der Waals surface area contributed by atoms with E-state index in [9.17, 15) is 0 Å². The van der Waals surface area contributed by atoms with Gasteiger partial charge in [-0.1, -0.05) is 0 Å². The van der Waals surface area contributed by atoms with E-state index in [1.807, 2.05) is 18.2 Å². The van der Waals surface area contributed by atoms with Gasteiger partial charge in [-0.05, 0) is 25.1 Å². The smallest absolute Gasteiger partial charge is 0.130 e. The number of nitrogens with one attached hydrogen (secondary N) is 1. The largest absolute Gasteiger partial charge is 0.497 e. The van der Waals surface area contributed by atoms with Crippen molar-refractivity contribution in [1.29, 1.82) is 0 Å². The number of hydrogen-bond donors (Lipinski definition) is 2. The van der Waals surface area contributed by atoms with Gasteiger partial charge in [0, 0.05) is 35.1 Å². The molecule has 2 rings (SSSR count). The molecule has 0 aliphatic carbocycles. The summed E-state index contributed by atoms with van der Waals surface area (Å²) in [5.41, 5.74) is 2.10. The van der Waals surface area contributed by atoms with Gasteiger partial charge in [0.25, 0.3) is 0 Å². The Balaban J connectivity index is 2.36. The summed E-state index contributed by atoms with van der Waals surface area (Å²) in [4.78, 5) is 4.69. The second kappa shape index (κ2) is 7.36. The van der Waals surface area contributed by atoms with Gasteiger partial charge in [-0.2, -0.15) is 11.8 Å². The van der Waals surface area contributed by atoms with Gasteiger partial charge < -0.3 is 15.2 Å². The van der Waals surface area contributed by atoms with Crippen LogP contribution in [0.3, 0.4) is 0 Å². The molecule has 20 heavy (non-hydrogen) atoms. The first-order valence-corrected chi connectivity index (χ1v) is 7.84. The molecule has 1 aromatic carbocycles. The van der Waals surface area contributed by atoms with Crippen LogP contribution in [0.1, 0.15) is 12.5 Å². The number of aromatic nitrogens is 1. The van der Waals surface area contributed by atoms with Gasteiger partial charge in [0.2, 0.25) is 0 Å². The highest BCUT2D eigenvalue weighted by Gasteiger charge is 2.07. The fourth-order valence-corrected chi connectivity index (χ4v) is 2.71. The van der Waals surface area contributed by atoms with Crippen LogP contribution < -0.4 is 10.1 Å². The number of ether oxygens (including phenoxy) is 1. The average molecular weight is 292 g/mol. The third-order valence-electron chi connectivity index (χ3n) is 2.94. The topological polar surface area (TPSA) is 54.4 Å². The van der Waals surface area contributed by atoms with Crippen LogP contribution in [0.4, 0.5) is 5.82 Å². The summed E-state index contributed by atoms with van der Waals surface area (Å²) in [5, 5.41) is 13.3. The zero-order valence-electron chi connectivity index (χ0n) is 11.8. The van der Waals surface area contributed by atoms with Crippen molar-refractivity contribution in [3.05, 3.63) is 29.8 Å². The van der Waals surface area contributed by atoms with E-state index >= 15 is 0 Å². The fourth-order valence-electron chi connectivity index (χ4n) is 1.99. The maximum Gasteiger partial charge on any atom is 0.130 e. The zero-order valence-corrected chi connectivity index (χ0v) is 12.7. The van der Waals surface area contributed by atoms with E-state index in [1.165, 1.54) is 5.56 Å². The molecule has 0 bridgehead atoms. The number of hydrogen-bond acceptors (Lipinski definition) is 5. The lowest BCUT2D eigenvalue weighted by molar-refractivity contribution is 0.322. The molecular weight excluding hydrogens is 272 g/mol. The number of rotatable bonds is 7. The summed E-state index contributed by atoms with van der Waals surface area (Å²) >= 11 is 1.71. The first kappa shape index (κ1) is 14.9. The van der Waals surface area contributed by atoms with E-state index in [4.69, 9.17) is 9.84 Å². The van der Waals surface area contributed by atoms with Crippen molar-refractivity contribution in [2.75, 3.05) is 31.3 Å². The zero-order chi connectivity index (χ0) is 14.4. The Morgan fingerprint density at radius 2 is 2.20 bits per heavy atom. The van der Waals surface area contributed by atoms with Crippen molar-refractivity contribution in [2.45, 2.75) is 12.7 Å². The van der Waals surface area contributed by atoms with Crippen molar-refractivity contribution in [1.82, 2.24) is 4.98 Å². The number of benzene rings is 1. The van der Waals surface area contributed by atoms with Gasteiger partial charge in [0.1, 0.15) is 11.6 Å². The lowest BCUT2D eigenvalue weighted by Crippen LogP contribution is -2.04. The molecule has 2 aromatic rings. The molecule has 0 amide bonds. The summed E-state index contributed by atoms with van der Waals surface area (Å²) in [6.07, 6.45) is 0. The molecule has 0 aliphatic rings. The highest BCUT2D eigenvalue weighted by atomic mass is 32.2. The second-order valence-corrected chi connectivity index (χ2v) is 5.47. The standard InChI is InChI=1S/C15H20N2O2S/c1-3-16-15-12(10-20-7-6-18)8-11-4-5-13(19-2)9-14(11)17-15/h4-5,8-9,18H,3,6-7,10H2,1-2H3,(H,16,17). The molecule has 0 atom stereocenters. The van der Waals surface area contributed by atoms with Crippen LogP contribution in [0.15, 0.2) is 24.3 Å². The fraction of sp³-hybridized carbons (Fsp3) is 0.400. The highest BCUT2D eigenvalue weighted by Crippen LogP contribution is 2.26. The van der Waals surface area contributed by atoms with Crippen LogP contribution in [0.25, 0.3) is 10.9 Å². The Morgan fingerprint density at radius 3 is 2.90 bits per heavy atom. The van der Waals surface area contributed by atoms with Crippen molar-refractivity contribution < 1.29 is 9.84 Å². The first-order valence-electron chi connectivity index (χ1n) is 6.68. The van der Waals surface area contributed by atoms with Gasteiger partial charge in [0.05, 0.1) is 19.2 Å². The Kier molecular flexibility index (Phi) is 5.49. The van der Waals surface area contributed by atoms with Crippen LogP contribution in [-0.2, 0) is 5.75 Å². The Labute approximate surface area is 123 Å². The van der Waals surface area contributed by atoms with Crippen molar-refractivity contribution >= 4 is 28.5 Å². The Morgan fingerprint density at radius 1 is 1.35 bits per heavy atom. The lowest BCUT2D eigenvalue weighted by atomic mass is 10.1. The minimum absolute atomic E-state index is 0.208. The number of anilines is 1. The molecule has 0 unspecified atom stereocenters. The first-order chi connectivity index (χ1) is 9.78. The molecular formula is C15H20N2O2S. The van der Waals surface area contributed by atoms with Crippen molar-refractivity contribution in [3.8, 4) is 5.75 Å². The van der Waals surface area contributed by atoms with Gasteiger partial charge in [-0.15, -0.1) is 0 Å². The molecule has 0 saturated carbocycles. The molecule has 0 fully saturated rings. The van der Waals surface area contributed by atoms with E-state index in [1.54, 1.807) is 18.9 Å². The molecule has 0 aliphatic heterocycles. The molecule has 1 heterocycles. The van der Waals surface area contributed by atoms with E-state index < -0.39 is 0 Å². The quantitative estimate of drug-likeness (QED) is 0.769. The Hall–Kier alpha value is -1.46. The van der Waals surface area contributed by atoms with E-state index in [0.29, 0.717) is 0 Å². The summed E-state index contributed by atoms with van der Waals surface area (Å²) in [5.74, 6) is 3.32. The average Bonchev–Trinajstić information content (AvgIpc) is 2.47. The molecule has 4 nitrogen and oxygen atoms in total. The number of aliphatic hydroxyl groups excluding tert-OH is 1. The summed E-state index contributed by atoms with van der Waals surface area (Å²) in [6.45, 7) is 3.10. The highest BCUT2D eigenvalue weighted by molar-refractivity contribution is 7.98. The lowest BCUT2D eigenvalue weighted by Gasteiger charge is -2.12. The van der Waals surface area contributed by atoms with Crippen LogP contribution in [0.5, 0.6) is 5.75 Å². The number of nitrogens with zero attached hydrogens (tertiary/aromatic N) is 1. The molecule has 2 N–H and O–H groups in total. The molecule has 5 heteroatoms.